The van der Waals surface area contributed by atoms with Gasteiger partial charge in [-0.15, -0.1) is 0 Å². The Morgan fingerprint density at radius 1 is 0.935 bits per heavy atom. The minimum atomic E-state index is 0.0932. The van der Waals surface area contributed by atoms with Crippen molar-refractivity contribution in [2.75, 3.05) is 0 Å². The number of aliphatic imine (C=N–C) groups is 1. The highest BCUT2D eigenvalue weighted by molar-refractivity contribution is 8.18. The fraction of sp³-hybridized carbons (Fsp3) is 0.259. The molecule has 1 aliphatic heterocycles. The first-order valence-corrected chi connectivity index (χ1v) is 11.9. The van der Waals surface area contributed by atoms with Gasteiger partial charge in [0.05, 0.1) is 10.6 Å². The van der Waals surface area contributed by atoms with E-state index in [0.717, 1.165) is 34.2 Å². The van der Waals surface area contributed by atoms with Crippen LogP contribution in [0.15, 0.2) is 76.6 Å². The Kier molecular flexibility index (Phi) is 5.65. The molecule has 0 N–H and O–H groups in total. The summed E-state index contributed by atoms with van der Waals surface area (Å²) in [6, 6.07) is 23.0. The van der Waals surface area contributed by atoms with Gasteiger partial charge in [0.1, 0.15) is 0 Å². The van der Waals surface area contributed by atoms with Gasteiger partial charge in [0.2, 0.25) is 0 Å². The molecule has 31 heavy (non-hydrogen) atoms. The maximum Gasteiger partial charge on any atom is 0.267 e. The van der Waals surface area contributed by atoms with Gasteiger partial charge >= 0.3 is 0 Å². The zero-order valence-corrected chi connectivity index (χ0v) is 18.6. The summed E-state index contributed by atoms with van der Waals surface area (Å²) in [6.07, 6.45) is 7.78. The van der Waals surface area contributed by atoms with E-state index in [1.165, 1.54) is 47.4 Å². The molecule has 0 atom stereocenters. The number of hydrogen-bond donors (Lipinski definition) is 0. The predicted octanol–water partition coefficient (Wildman–Crippen LogP) is 7.08. The molecule has 1 amide bonds. The Bertz CT molecular complexity index is 1170. The first-order valence-electron chi connectivity index (χ1n) is 11.1. The van der Waals surface area contributed by atoms with Crippen molar-refractivity contribution in [2.45, 2.75) is 45.1 Å². The lowest BCUT2D eigenvalue weighted by atomic mass is 9.94. The van der Waals surface area contributed by atoms with Crippen LogP contribution in [0.3, 0.4) is 0 Å². The topological polar surface area (TPSA) is 32.7 Å². The average Bonchev–Trinajstić information content (AvgIpc) is 3.10. The zero-order valence-electron chi connectivity index (χ0n) is 17.8. The number of benzene rings is 3. The van der Waals surface area contributed by atoms with Crippen LogP contribution in [0.4, 0.5) is 5.69 Å². The van der Waals surface area contributed by atoms with Crippen LogP contribution in [0.1, 0.15) is 43.2 Å². The van der Waals surface area contributed by atoms with Crippen molar-refractivity contribution in [3.8, 4) is 0 Å². The lowest BCUT2D eigenvalue weighted by Gasteiger charge is -2.30. The zero-order chi connectivity index (χ0) is 21.2. The van der Waals surface area contributed by atoms with Gasteiger partial charge in [-0.1, -0.05) is 79.4 Å². The van der Waals surface area contributed by atoms with Crippen LogP contribution in [0.2, 0.25) is 0 Å². The van der Waals surface area contributed by atoms with E-state index in [1.807, 2.05) is 35.2 Å². The van der Waals surface area contributed by atoms with Crippen LogP contribution in [-0.4, -0.2) is 22.0 Å². The normalized spacial score (nSPS) is 20.3. The molecule has 156 valence electrons. The van der Waals surface area contributed by atoms with Crippen molar-refractivity contribution in [3.63, 3.8) is 0 Å². The number of aryl methyl sites for hydroxylation is 1. The molecule has 5 rings (SSSR count). The molecule has 1 heterocycles. The Morgan fingerprint density at radius 3 is 2.48 bits per heavy atom. The minimum absolute atomic E-state index is 0.0932. The fourth-order valence-corrected chi connectivity index (χ4v) is 5.52. The van der Waals surface area contributed by atoms with Gasteiger partial charge in [-0.05, 0) is 66.1 Å². The van der Waals surface area contributed by atoms with E-state index in [0.29, 0.717) is 0 Å². The standard InChI is InChI=1S/C27H26N2OS/c1-19-14-16-22(17-15-19)28-27-29(23-11-3-2-4-12-23)26(30)25(31-27)18-21-10-7-9-20-8-5-6-13-24(20)21/h5-10,13-18,23H,2-4,11-12H2,1H3/b25-18+,28-27?. The van der Waals surface area contributed by atoms with E-state index < -0.39 is 0 Å². The molecule has 3 aromatic rings. The average molecular weight is 427 g/mol. The van der Waals surface area contributed by atoms with Gasteiger partial charge in [-0.25, -0.2) is 4.99 Å². The minimum Gasteiger partial charge on any atom is -0.283 e. The summed E-state index contributed by atoms with van der Waals surface area (Å²) in [5.41, 5.74) is 3.18. The molecule has 0 unspecified atom stereocenters. The van der Waals surface area contributed by atoms with Gasteiger partial charge in [-0.2, -0.15) is 0 Å². The number of rotatable bonds is 3. The largest absolute Gasteiger partial charge is 0.283 e. The van der Waals surface area contributed by atoms with Crippen molar-refractivity contribution in [3.05, 3.63) is 82.8 Å². The van der Waals surface area contributed by atoms with E-state index in [9.17, 15) is 4.79 Å². The Hall–Kier alpha value is -2.85. The van der Waals surface area contributed by atoms with Crippen molar-refractivity contribution >= 4 is 45.4 Å². The number of fused-ring (bicyclic) bond motifs is 1. The quantitative estimate of drug-likeness (QED) is 0.419. The maximum absolute atomic E-state index is 13.6. The summed E-state index contributed by atoms with van der Waals surface area (Å²) in [5, 5.41) is 3.16. The van der Waals surface area contributed by atoms with E-state index in [2.05, 4.69) is 49.4 Å². The summed E-state index contributed by atoms with van der Waals surface area (Å²) in [7, 11) is 0. The third-order valence-electron chi connectivity index (χ3n) is 6.15. The van der Waals surface area contributed by atoms with Crippen molar-refractivity contribution in [2.24, 2.45) is 4.99 Å². The second-order valence-corrected chi connectivity index (χ2v) is 9.39. The van der Waals surface area contributed by atoms with Crippen LogP contribution >= 0.6 is 11.8 Å². The number of nitrogens with zero attached hydrogens (tertiary/aromatic N) is 2. The van der Waals surface area contributed by atoms with Crippen LogP contribution in [0.5, 0.6) is 0 Å². The second-order valence-electron chi connectivity index (χ2n) is 8.38. The molecule has 1 saturated heterocycles. The van der Waals surface area contributed by atoms with Gasteiger partial charge in [0.15, 0.2) is 5.17 Å². The number of amides is 1. The molecule has 0 radical (unpaired) electrons. The van der Waals surface area contributed by atoms with Crippen molar-refractivity contribution in [1.29, 1.82) is 0 Å². The summed E-state index contributed by atoms with van der Waals surface area (Å²) in [4.78, 5) is 21.2. The molecule has 2 aliphatic rings. The molecule has 2 fully saturated rings. The summed E-state index contributed by atoms with van der Waals surface area (Å²) >= 11 is 1.51. The van der Waals surface area contributed by atoms with E-state index in [4.69, 9.17) is 4.99 Å². The second kappa shape index (κ2) is 8.72. The molecule has 3 nitrogen and oxygen atoms in total. The summed E-state index contributed by atoms with van der Waals surface area (Å²) in [5.74, 6) is 0.0932. The Morgan fingerprint density at radius 2 is 1.68 bits per heavy atom. The molecule has 4 heteroatoms. The Labute approximate surface area is 187 Å². The fourth-order valence-electron chi connectivity index (χ4n) is 4.47. The number of carbonyl (C=O) groups excluding carboxylic acids is 1. The van der Waals surface area contributed by atoms with Crippen molar-refractivity contribution < 1.29 is 4.79 Å². The smallest absolute Gasteiger partial charge is 0.267 e. The molecule has 3 aromatic carbocycles. The van der Waals surface area contributed by atoms with Crippen LogP contribution in [0, 0.1) is 6.92 Å². The molecule has 0 aromatic heterocycles. The highest BCUT2D eigenvalue weighted by Gasteiger charge is 2.38. The summed E-state index contributed by atoms with van der Waals surface area (Å²) < 4.78 is 0. The third-order valence-corrected chi connectivity index (χ3v) is 7.13. The van der Waals surface area contributed by atoms with Crippen LogP contribution in [-0.2, 0) is 4.79 Å². The number of hydrogen-bond acceptors (Lipinski definition) is 3. The molecule has 1 aliphatic carbocycles. The van der Waals surface area contributed by atoms with Crippen LogP contribution < -0.4 is 0 Å². The van der Waals surface area contributed by atoms with Gasteiger partial charge < -0.3 is 0 Å². The number of carbonyl (C=O) groups is 1. The number of thioether (sulfide) groups is 1. The lowest BCUT2D eigenvalue weighted by Crippen LogP contribution is -2.40. The molecule has 1 saturated carbocycles. The highest BCUT2D eigenvalue weighted by Crippen LogP contribution is 2.39. The SMILES string of the molecule is Cc1ccc(N=C2S/C(=C/c3cccc4ccccc34)C(=O)N2C2CCCCC2)cc1. The van der Waals surface area contributed by atoms with Crippen LogP contribution in [0.25, 0.3) is 16.8 Å². The third kappa shape index (κ3) is 4.17. The van der Waals surface area contributed by atoms with E-state index in [1.54, 1.807) is 0 Å². The van der Waals surface area contributed by atoms with Crippen molar-refractivity contribution in [1.82, 2.24) is 4.90 Å². The molecular formula is C27H26N2OS. The van der Waals surface area contributed by atoms with E-state index in [-0.39, 0.29) is 11.9 Å². The first kappa shape index (κ1) is 20.1. The first-order chi connectivity index (χ1) is 15.2. The van der Waals surface area contributed by atoms with Gasteiger partial charge in [-0.3, -0.25) is 9.69 Å². The Balaban J connectivity index is 1.55. The van der Waals surface area contributed by atoms with E-state index >= 15 is 0 Å². The summed E-state index contributed by atoms with van der Waals surface area (Å²) in [6.45, 7) is 2.07. The highest BCUT2D eigenvalue weighted by atomic mass is 32.2. The monoisotopic (exact) mass is 426 g/mol. The number of amidine groups is 1. The van der Waals surface area contributed by atoms with Gasteiger partial charge in [0, 0.05) is 6.04 Å². The molecule has 0 spiro atoms. The molecule has 0 bridgehead atoms. The molecular weight excluding hydrogens is 400 g/mol. The lowest BCUT2D eigenvalue weighted by molar-refractivity contribution is -0.124. The predicted molar refractivity (Wildman–Crippen MR) is 132 cm³/mol. The maximum atomic E-state index is 13.6. The van der Waals surface area contributed by atoms with Gasteiger partial charge in [0.25, 0.3) is 5.91 Å².